The third kappa shape index (κ3) is 3.41. The fraction of sp³-hybridized carbons (Fsp3) is 0.400. The molecule has 0 atom stereocenters. The fourth-order valence-electron chi connectivity index (χ4n) is 0.254. The summed E-state index contributed by atoms with van der Waals surface area (Å²) in [6.07, 6.45) is 3.83. The molecule has 6 heavy (non-hydrogen) atoms. The molecule has 0 aromatic carbocycles. The highest BCUT2D eigenvalue weighted by Crippen LogP contribution is 1.64. The summed E-state index contributed by atoms with van der Waals surface area (Å²) in [4.78, 5) is 0. The number of hydrogen-bond donors (Lipinski definition) is 0. The Morgan fingerprint density at radius 1 is 1.67 bits per heavy atom. The number of hydrogen-bond acceptors (Lipinski definition) is 0. The second kappa shape index (κ2) is 2.64. The lowest BCUT2D eigenvalue weighted by molar-refractivity contribution is -0.412. The predicted molar refractivity (Wildman–Crippen MR) is 28.1 cm³/mol. The van der Waals surface area contributed by atoms with Crippen molar-refractivity contribution in [2.24, 2.45) is 0 Å². The van der Waals surface area contributed by atoms with E-state index in [2.05, 4.69) is 6.72 Å². The molecule has 0 saturated carbocycles. The van der Waals surface area contributed by atoms with E-state index in [1.54, 1.807) is 4.58 Å². The molecule has 1 heteroatoms. The van der Waals surface area contributed by atoms with E-state index in [1.165, 1.54) is 0 Å². The largest absolute Gasteiger partial charge is 0.215 e. The van der Waals surface area contributed by atoms with Gasteiger partial charge in [-0.1, -0.05) is 0 Å². The van der Waals surface area contributed by atoms with Crippen LogP contribution in [0.5, 0.6) is 0 Å². The Bertz CT molecular complexity index is 72.0. The van der Waals surface area contributed by atoms with Crippen LogP contribution in [0.15, 0.2) is 12.3 Å². The summed E-state index contributed by atoms with van der Waals surface area (Å²) < 4.78 is 1.75. The summed E-state index contributed by atoms with van der Waals surface area (Å²) in [6.45, 7) is 5.53. The quantitative estimate of drug-likeness (QED) is 0.327. The minimum absolute atomic E-state index is 1.75. The van der Waals surface area contributed by atoms with E-state index in [9.17, 15) is 0 Å². The molecule has 0 rings (SSSR count). The van der Waals surface area contributed by atoms with Gasteiger partial charge in [-0.3, -0.25) is 0 Å². The molecular formula is C5H10N+. The first-order valence-electron chi connectivity index (χ1n) is 1.93. The van der Waals surface area contributed by atoms with Crippen LogP contribution >= 0.6 is 0 Å². The fourth-order valence-corrected chi connectivity index (χ4v) is 0.254. The van der Waals surface area contributed by atoms with Gasteiger partial charge in [0, 0.05) is 0 Å². The van der Waals surface area contributed by atoms with Crippen molar-refractivity contribution >= 4 is 6.72 Å². The maximum atomic E-state index is 3.57. The molecule has 0 N–H and O–H groups in total. The Kier molecular flexibility index (Phi) is 2.38. The highest BCUT2D eigenvalue weighted by atomic mass is 14.9. The lowest BCUT2D eigenvalue weighted by atomic mass is 10.7. The minimum Gasteiger partial charge on any atom is -0.215 e. The molecule has 0 fully saturated rings. The molecule has 0 bridgehead atoms. The maximum absolute atomic E-state index is 3.57. The average Bonchev–Trinajstić information content (AvgIpc) is 1.35. The first-order chi connectivity index (χ1) is 2.77. The number of nitrogens with zero attached hydrogens (tertiary/aromatic N) is 1. The second-order valence-corrected chi connectivity index (χ2v) is 1.24. The lowest BCUT2D eigenvalue weighted by Crippen LogP contribution is -1.86. The molecule has 0 saturated heterocycles. The SMILES string of the molecule is C=[N+](C)/C=C\C. The lowest BCUT2D eigenvalue weighted by Gasteiger charge is -1.72. The highest BCUT2D eigenvalue weighted by Gasteiger charge is 1.69. The van der Waals surface area contributed by atoms with Crippen molar-refractivity contribution in [2.45, 2.75) is 6.92 Å². The summed E-state index contributed by atoms with van der Waals surface area (Å²) in [5, 5.41) is 0. The molecule has 0 aliphatic rings. The molecule has 0 unspecified atom stereocenters. The molecule has 34 valence electrons. The van der Waals surface area contributed by atoms with Gasteiger partial charge < -0.3 is 0 Å². The highest BCUT2D eigenvalue weighted by molar-refractivity contribution is 5.14. The van der Waals surface area contributed by atoms with Crippen LogP contribution in [0.2, 0.25) is 0 Å². The maximum Gasteiger partial charge on any atom is 0.163 e. The Hall–Kier alpha value is -0.590. The summed E-state index contributed by atoms with van der Waals surface area (Å²) in [6, 6.07) is 0. The Labute approximate surface area is 38.6 Å². The van der Waals surface area contributed by atoms with E-state index in [0.717, 1.165) is 0 Å². The van der Waals surface area contributed by atoms with E-state index in [4.69, 9.17) is 0 Å². The molecule has 0 aromatic rings. The topological polar surface area (TPSA) is 3.01 Å². The second-order valence-electron chi connectivity index (χ2n) is 1.24. The Morgan fingerprint density at radius 2 is 2.17 bits per heavy atom. The van der Waals surface area contributed by atoms with Crippen LogP contribution in [-0.2, 0) is 0 Å². The monoisotopic (exact) mass is 84.1 g/mol. The molecule has 0 radical (unpaired) electrons. The van der Waals surface area contributed by atoms with E-state index in [1.807, 2.05) is 26.2 Å². The molecule has 0 heterocycles. The van der Waals surface area contributed by atoms with E-state index in [0.29, 0.717) is 0 Å². The van der Waals surface area contributed by atoms with Gasteiger partial charge in [0.25, 0.3) is 0 Å². The normalized spacial score (nSPS) is 9.67. The van der Waals surface area contributed by atoms with E-state index < -0.39 is 0 Å². The predicted octanol–water partition coefficient (Wildman–Crippen LogP) is 0.863. The van der Waals surface area contributed by atoms with Crippen LogP contribution < -0.4 is 0 Å². The van der Waals surface area contributed by atoms with Crippen molar-refractivity contribution in [3.05, 3.63) is 12.3 Å². The van der Waals surface area contributed by atoms with Crippen molar-refractivity contribution in [1.29, 1.82) is 0 Å². The molecule has 0 aromatic heterocycles. The third-order valence-corrected chi connectivity index (χ3v) is 0.404. The van der Waals surface area contributed by atoms with Crippen LogP contribution in [0, 0.1) is 0 Å². The molecule has 0 amide bonds. The molecule has 0 spiro atoms. The van der Waals surface area contributed by atoms with Crippen molar-refractivity contribution in [1.82, 2.24) is 0 Å². The standard InChI is InChI=1S/C5H10N/c1-4-5-6(2)3/h4-5H,2H2,1,3H3/q+1/b5-4-. The van der Waals surface area contributed by atoms with Crippen LogP contribution in [0.3, 0.4) is 0 Å². The zero-order valence-electron chi connectivity index (χ0n) is 4.31. The summed E-state index contributed by atoms with van der Waals surface area (Å²) in [7, 11) is 1.89. The van der Waals surface area contributed by atoms with Crippen molar-refractivity contribution < 1.29 is 4.58 Å². The molecular weight excluding hydrogens is 74.1 g/mol. The Balaban J connectivity index is 3.30. The van der Waals surface area contributed by atoms with Gasteiger partial charge in [-0.2, -0.15) is 0 Å². The third-order valence-electron chi connectivity index (χ3n) is 0.404. The molecule has 1 nitrogen and oxygen atoms in total. The number of allylic oxidation sites excluding steroid dienone is 1. The van der Waals surface area contributed by atoms with Crippen molar-refractivity contribution in [2.75, 3.05) is 7.05 Å². The van der Waals surface area contributed by atoms with Crippen molar-refractivity contribution in [3.63, 3.8) is 0 Å². The molecule has 0 aliphatic heterocycles. The van der Waals surface area contributed by atoms with Gasteiger partial charge in [-0.15, -0.1) is 0 Å². The summed E-state index contributed by atoms with van der Waals surface area (Å²) in [5.74, 6) is 0. The number of rotatable bonds is 1. The van der Waals surface area contributed by atoms with Gasteiger partial charge in [-0.05, 0) is 13.0 Å². The summed E-state index contributed by atoms with van der Waals surface area (Å²) >= 11 is 0. The van der Waals surface area contributed by atoms with Crippen LogP contribution in [0.4, 0.5) is 0 Å². The van der Waals surface area contributed by atoms with Gasteiger partial charge in [-0.25, -0.2) is 4.58 Å². The van der Waals surface area contributed by atoms with Gasteiger partial charge in [0.15, 0.2) is 6.20 Å². The van der Waals surface area contributed by atoms with Gasteiger partial charge in [0.2, 0.25) is 0 Å². The Morgan fingerprint density at radius 3 is 2.17 bits per heavy atom. The first-order valence-corrected chi connectivity index (χ1v) is 1.93. The van der Waals surface area contributed by atoms with E-state index >= 15 is 0 Å². The van der Waals surface area contributed by atoms with Crippen LogP contribution in [-0.4, -0.2) is 18.3 Å². The zero-order chi connectivity index (χ0) is 4.99. The van der Waals surface area contributed by atoms with Crippen LogP contribution in [0.25, 0.3) is 0 Å². The first kappa shape index (κ1) is 5.41. The molecule has 0 aliphatic carbocycles. The van der Waals surface area contributed by atoms with Gasteiger partial charge in [0.1, 0.15) is 13.8 Å². The van der Waals surface area contributed by atoms with Crippen LogP contribution in [0.1, 0.15) is 6.92 Å². The van der Waals surface area contributed by atoms with Crippen molar-refractivity contribution in [3.8, 4) is 0 Å². The van der Waals surface area contributed by atoms with Gasteiger partial charge in [0.05, 0.1) is 0 Å². The average molecular weight is 84.1 g/mol. The van der Waals surface area contributed by atoms with Gasteiger partial charge >= 0.3 is 0 Å². The minimum atomic E-state index is 1.75. The zero-order valence-corrected chi connectivity index (χ0v) is 4.31. The summed E-state index contributed by atoms with van der Waals surface area (Å²) in [5.41, 5.74) is 0. The van der Waals surface area contributed by atoms with E-state index in [-0.39, 0.29) is 0 Å². The smallest absolute Gasteiger partial charge is 0.163 e.